The highest BCUT2D eigenvalue weighted by molar-refractivity contribution is 5.74. The lowest BCUT2D eigenvalue weighted by Gasteiger charge is -2.40. The molecule has 450 valence electrons. The fourth-order valence-electron chi connectivity index (χ4n) is 8.87. The molecular formula is C67H110O12. The molecule has 0 aromatic carbocycles. The van der Waals surface area contributed by atoms with E-state index in [1.54, 1.807) is 0 Å². The van der Waals surface area contributed by atoms with Gasteiger partial charge in [-0.25, -0.2) is 4.79 Å². The van der Waals surface area contributed by atoms with E-state index in [9.17, 15) is 34.5 Å². The van der Waals surface area contributed by atoms with Crippen LogP contribution in [0.15, 0.2) is 97.2 Å². The second-order valence-electron chi connectivity index (χ2n) is 21.0. The average Bonchev–Trinajstić information content (AvgIpc) is 3.47. The number of aliphatic hydroxyl groups excluding tert-OH is 2. The molecule has 79 heavy (non-hydrogen) atoms. The summed E-state index contributed by atoms with van der Waals surface area (Å²) in [6.07, 6.45) is 59.4. The predicted octanol–water partition coefficient (Wildman–Crippen LogP) is 16.5. The minimum absolute atomic E-state index is 0.0538. The highest BCUT2D eigenvalue weighted by atomic mass is 16.7. The highest BCUT2D eigenvalue weighted by Gasteiger charge is 2.50. The summed E-state index contributed by atoms with van der Waals surface area (Å²) in [6.45, 7) is 5.81. The van der Waals surface area contributed by atoms with Gasteiger partial charge in [0, 0.05) is 19.3 Å². The van der Waals surface area contributed by atoms with Crippen molar-refractivity contribution in [3.63, 3.8) is 0 Å². The summed E-state index contributed by atoms with van der Waals surface area (Å²) >= 11 is 0. The largest absolute Gasteiger partial charge is 0.479 e. The fraction of sp³-hybridized carbons (Fsp3) is 0.701. The van der Waals surface area contributed by atoms with Crippen molar-refractivity contribution in [1.29, 1.82) is 0 Å². The average molecular weight is 1110 g/mol. The van der Waals surface area contributed by atoms with Gasteiger partial charge in [0.1, 0.15) is 18.8 Å². The van der Waals surface area contributed by atoms with Crippen LogP contribution in [0.1, 0.15) is 252 Å². The first-order chi connectivity index (χ1) is 38.6. The third-order valence-corrected chi connectivity index (χ3v) is 13.6. The summed E-state index contributed by atoms with van der Waals surface area (Å²) in [5.74, 6) is -3.18. The number of carbonyl (C=O) groups excluding carboxylic acids is 3. The summed E-state index contributed by atoms with van der Waals surface area (Å²) in [5, 5.41) is 31.5. The van der Waals surface area contributed by atoms with Gasteiger partial charge < -0.3 is 39.0 Å². The molecule has 0 amide bonds. The number of carboxylic acids is 1. The third kappa shape index (κ3) is 44.0. The second kappa shape index (κ2) is 54.2. The van der Waals surface area contributed by atoms with Crippen LogP contribution in [-0.2, 0) is 42.9 Å². The topological polar surface area (TPSA) is 175 Å². The van der Waals surface area contributed by atoms with Crippen LogP contribution in [0.25, 0.3) is 0 Å². The van der Waals surface area contributed by atoms with E-state index in [2.05, 4.69) is 118 Å². The standard InChI is InChI=1S/C67H110O12/c1-4-7-10-13-16-19-22-24-26-28-30-32-34-36-39-41-44-47-50-53-59(68)75-56-58(77-60(69)54-51-48-45-43-40-37-35-33-31-29-27-25-23-20-17-14-11-8-5-2)57-76-67-65(63(72)62(71)64(79-67)66(73)74)78-61(70)55-52-49-46-42-38-21-18-15-12-9-6-3/h7,10,16-17,19-20,24-27,30-33,36,39,58,62-65,67,71-72H,4-6,8-9,11-15,18,21-23,28-29,34-35,37-38,40-57H2,1-3H3,(H,73,74)/b10-7-,19-16-,20-17-,26-24-,27-25-,32-30-,33-31-,39-36-. The van der Waals surface area contributed by atoms with E-state index in [0.29, 0.717) is 19.3 Å². The molecule has 0 aromatic rings. The molecule has 0 bridgehead atoms. The molecule has 0 saturated carbocycles. The van der Waals surface area contributed by atoms with Crippen molar-refractivity contribution in [1.82, 2.24) is 0 Å². The molecule has 0 spiro atoms. The van der Waals surface area contributed by atoms with Gasteiger partial charge in [-0.05, 0) is 103 Å². The number of esters is 3. The zero-order valence-corrected chi connectivity index (χ0v) is 49.6. The van der Waals surface area contributed by atoms with Crippen LogP contribution in [0, 0.1) is 0 Å². The van der Waals surface area contributed by atoms with Crippen LogP contribution in [-0.4, -0.2) is 89.2 Å². The molecule has 0 aliphatic carbocycles. The number of aliphatic hydroxyl groups is 2. The van der Waals surface area contributed by atoms with Gasteiger partial charge in [0.25, 0.3) is 0 Å². The maximum Gasteiger partial charge on any atom is 0.335 e. The van der Waals surface area contributed by atoms with Crippen LogP contribution < -0.4 is 0 Å². The van der Waals surface area contributed by atoms with Gasteiger partial charge in [-0.2, -0.15) is 0 Å². The van der Waals surface area contributed by atoms with Gasteiger partial charge in [-0.3, -0.25) is 14.4 Å². The molecule has 1 aliphatic rings. The lowest BCUT2D eigenvalue weighted by Crippen LogP contribution is -2.61. The number of carbonyl (C=O) groups is 4. The summed E-state index contributed by atoms with van der Waals surface area (Å²) in [5.41, 5.74) is 0. The smallest absolute Gasteiger partial charge is 0.335 e. The van der Waals surface area contributed by atoms with Crippen LogP contribution in [0.3, 0.4) is 0 Å². The van der Waals surface area contributed by atoms with Gasteiger partial charge in [0.05, 0.1) is 6.61 Å². The van der Waals surface area contributed by atoms with E-state index in [-0.39, 0.29) is 25.9 Å². The second-order valence-corrected chi connectivity index (χ2v) is 21.0. The number of aliphatic carboxylic acids is 1. The van der Waals surface area contributed by atoms with E-state index in [4.69, 9.17) is 23.7 Å². The van der Waals surface area contributed by atoms with Crippen LogP contribution >= 0.6 is 0 Å². The molecule has 12 heteroatoms. The van der Waals surface area contributed by atoms with E-state index in [0.717, 1.165) is 128 Å². The Morgan fingerprint density at radius 3 is 1.25 bits per heavy atom. The number of hydrogen-bond donors (Lipinski definition) is 3. The van der Waals surface area contributed by atoms with Gasteiger partial charge in [-0.1, -0.05) is 227 Å². The molecule has 1 saturated heterocycles. The number of hydrogen-bond acceptors (Lipinski definition) is 11. The molecule has 12 nitrogen and oxygen atoms in total. The van der Waals surface area contributed by atoms with Gasteiger partial charge in [0.15, 0.2) is 24.6 Å². The summed E-state index contributed by atoms with van der Waals surface area (Å²) < 4.78 is 28.4. The number of unbranched alkanes of at least 4 members (excludes halogenated alkanes) is 22. The first-order valence-electron chi connectivity index (χ1n) is 31.2. The van der Waals surface area contributed by atoms with Crippen molar-refractivity contribution in [2.24, 2.45) is 0 Å². The van der Waals surface area contributed by atoms with E-state index in [1.807, 2.05) is 0 Å². The Hall–Kier alpha value is -4.36. The molecule has 6 atom stereocenters. The lowest BCUT2D eigenvalue weighted by atomic mass is 9.98. The fourth-order valence-corrected chi connectivity index (χ4v) is 8.87. The first kappa shape index (κ1) is 72.7. The Balaban J connectivity index is 2.70. The molecule has 0 radical (unpaired) electrons. The van der Waals surface area contributed by atoms with Crippen molar-refractivity contribution in [3.8, 4) is 0 Å². The van der Waals surface area contributed by atoms with Gasteiger partial charge in [0.2, 0.25) is 0 Å². The maximum atomic E-state index is 13.2. The predicted molar refractivity (Wildman–Crippen MR) is 321 cm³/mol. The Kier molecular flexibility index (Phi) is 49.9. The number of carboxylic acid groups (broad SMARTS) is 1. The molecule has 1 aliphatic heterocycles. The molecule has 1 rings (SSSR count). The Morgan fingerprint density at radius 1 is 0.430 bits per heavy atom. The van der Waals surface area contributed by atoms with Crippen molar-refractivity contribution in [2.45, 2.75) is 289 Å². The maximum absolute atomic E-state index is 13.2. The minimum atomic E-state index is -1.91. The molecule has 1 heterocycles. The van der Waals surface area contributed by atoms with Crippen LogP contribution in [0.5, 0.6) is 0 Å². The molecule has 0 aromatic heterocycles. The van der Waals surface area contributed by atoms with Gasteiger partial charge >= 0.3 is 23.9 Å². The van der Waals surface area contributed by atoms with Crippen LogP contribution in [0.4, 0.5) is 0 Å². The molecular weight excluding hydrogens is 997 g/mol. The van der Waals surface area contributed by atoms with Crippen molar-refractivity contribution >= 4 is 23.9 Å². The molecule has 1 fully saturated rings. The molecule has 3 N–H and O–H groups in total. The zero-order valence-electron chi connectivity index (χ0n) is 49.6. The zero-order chi connectivity index (χ0) is 57.5. The summed E-state index contributed by atoms with van der Waals surface area (Å²) in [7, 11) is 0. The quantitative estimate of drug-likeness (QED) is 0.0228. The van der Waals surface area contributed by atoms with Gasteiger partial charge in [-0.15, -0.1) is 0 Å². The number of rotatable bonds is 52. The Morgan fingerprint density at radius 2 is 0.797 bits per heavy atom. The SMILES string of the molecule is CC/C=C\C/C=C\C/C=C\C/C=C\C/C=C\CCCCCC(=O)OCC(COC1OC(C(=O)O)C(O)C(O)C1OC(=O)CCCCCCCCCCCCC)OC(=O)CCCCCCCC/C=C\C/C=C\C/C=C\CCCCC. The summed E-state index contributed by atoms with van der Waals surface area (Å²) in [4.78, 5) is 51.2. The van der Waals surface area contributed by atoms with Crippen molar-refractivity contribution in [2.75, 3.05) is 13.2 Å². The van der Waals surface area contributed by atoms with E-state index < -0.39 is 67.3 Å². The normalized spacial score (nSPS) is 18.5. The number of ether oxygens (including phenoxy) is 5. The third-order valence-electron chi connectivity index (χ3n) is 13.6. The van der Waals surface area contributed by atoms with Crippen LogP contribution in [0.2, 0.25) is 0 Å². The first-order valence-corrected chi connectivity index (χ1v) is 31.2. The van der Waals surface area contributed by atoms with E-state index >= 15 is 0 Å². The highest BCUT2D eigenvalue weighted by Crippen LogP contribution is 2.26. The lowest BCUT2D eigenvalue weighted by molar-refractivity contribution is -0.301. The Labute approximate surface area is 479 Å². The minimum Gasteiger partial charge on any atom is -0.479 e. The number of allylic oxidation sites excluding steroid dienone is 16. The Bertz CT molecular complexity index is 1740. The monoisotopic (exact) mass is 1110 g/mol. The van der Waals surface area contributed by atoms with Crippen molar-refractivity contribution < 1.29 is 58.2 Å². The summed E-state index contributed by atoms with van der Waals surface area (Å²) in [6, 6.07) is 0. The van der Waals surface area contributed by atoms with Crippen molar-refractivity contribution in [3.05, 3.63) is 97.2 Å². The molecule has 6 unspecified atom stereocenters. The van der Waals surface area contributed by atoms with E-state index in [1.165, 1.54) is 64.2 Å².